The number of nitrogens with one attached hydrogen (secondary N) is 1. The van der Waals surface area contributed by atoms with Crippen LogP contribution in [0.5, 0.6) is 0 Å². The number of aryl methyl sites for hydroxylation is 1. The van der Waals surface area contributed by atoms with Crippen molar-refractivity contribution < 1.29 is 0 Å². The molecular formula is C25H24N2S. The van der Waals surface area contributed by atoms with E-state index >= 15 is 0 Å². The van der Waals surface area contributed by atoms with E-state index in [-0.39, 0.29) is 0 Å². The van der Waals surface area contributed by atoms with Gasteiger partial charge < -0.3 is 5.32 Å². The van der Waals surface area contributed by atoms with Crippen LogP contribution in [0.15, 0.2) is 92.0 Å². The molecule has 0 aromatic heterocycles. The second-order valence-electron chi connectivity index (χ2n) is 6.55. The zero-order valence-electron chi connectivity index (χ0n) is 16.3. The van der Waals surface area contributed by atoms with Gasteiger partial charge in [0, 0.05) is 24.0 Å². The molecule has 3 rings (SSSR count). The summed E-state index contributed by atoms with van der Waals surface area (Å²) >= 11 is 5.61. The first kappa shape index (κ1) is 19.6. The molecule has 2 nitrogen and oxygen atoms in total. The first-order valence-corrected chi connectivity index (χ1v) is 9.55. The molecule has 0 saturated carbocycles. The molecule has 0 aliphatic carbocycles. The van der Waals surface area contributed by atoms with Gasteiger partial charge in [-0.15, -0.1) is 0 Å². The Kier molecular flexibility index (Phi) is 6.07. The summed E-state index contributed by atoms with van der Waals surface area (Å²) in [5, 5.41) is 3.68. The van der Waals surface area contributed by atoms with Crippen molar-refractivity contribution in [2.45, 2.75) is 6.92 Å². The third-order valence-electron chi connectivity index (χ3n) is 4.72. The average Bonchev–Trinajstić information content (AvgIpc) is 2.74. The van der Waals surface area contributed by atoms with Crippen LogP contribution in [0.25, 0.3) is 11.3 Å². The van der Waals surface area contributed by atoms with Crippen molar-refractivity contribution in [1.29, 1.82) is 0 Å². The van der Waals surface area contributed by atoms with E-state index in [0.717, 1.165) is 39.2 Å². The summed E-state index contributed by atoms with van der Waals surface area (Å²) in [6, 6.07) is 26.6. The minimum Gasteiger partial charge on any atom is -0.365 e. The number of benzene rings is 3. The second-order valence-corrected chi connectivity index (χ2v) is 6.93. The van der Waals surface area contributed by atoms with E-state index in [0.29, 0.717) is 5.11 Å². The molecule has 0 bridgehead atoms. The molecule has 0 aliphatic rings. The summed E-state index contributed by atoms with van der Waals surface area (Å²) in [6.45, 7) is 10.7. The van der Waals surface area contributed by atoms with Crippen LogP contribution in [0, 0.1) is 6.92 Å². The highest BCUT2D eigenvalue weighted by Gasteiger charge is 2.18. The molecule has 0 fully saturated rings. The molecule has 0 radical (unpaired) electrons. The third kappa shape index (κ3) is 4.05. The van der Waals surface area contributed by atoms with E-state index in [1.165, 1.54) is 0 Å². The molecule has 0 spiro atoms. The fraction of sp³-hybridized carbons (Fsp3) is 0.0800. The van der Waals surface area contributed by atoms with E-state index in [9.17, 15) is 0 Å². The Morgan fingerprint density at radius 3 is 2.18 bits per heavy atom. The molecule has 0 amide bonds. The first-order valence-electron chi connectivity index (χ1n) is 9.14. The molecule has 3 aromatic rings. The molecular weight excluding hydrogens is 360 g/mol. The molecule has 140 valence electrons. The smallest absolute Gasteiger partial charge is 0.177 e. The summed E-state index contributed by atoms with van der Waals surface area (Å²) in [4.78, 5) is 1.97. The molecule has 28 heavy (non-hydrogen) atoms. The van der Waals surface area contributed by atoms with Crippen molar-refractivity contribution in [2.75, 3.05) is 11.9 Å². The van der Waals surface area contributed by atoms with E-state index in [1.54, 1.807) is 0 Å². The SMILES string of the molecule is C=C(c1ccccc1)c1cccc(N(C(=C)c2ccccc2C)C(=S)NC)c1. The highest BCUT2D eigenvalue weighted by atomic mass is 32.1. The molecule has 0 saturated heterocycles. The number of hydrogen-bond acceptors (Lipinski definition) is 1. The van der Waals surface area contributed by atoms with Gasteiger partial charge in [-0.1, -0.05) is 79.9 Å². The highest BCUT2D eigenvalue weighted by molar-refractivity contribution is 7.80. The fourth-order valence-electron chi connectivity index (χ4n) is 3.16. The van der Waals surface area contributed by atoms with Crippen molar-refractivity contribution in [3.05, 3.63) is 114 Å². The van der Waals surface area contributed by atoms with Crippen LogP contribution < -0.4 is 10.2 Å². The first-order chi connectivity index (χ1) is 13.5. The van der Waals surface area contributed by atoms with Crippen LogP contribution in [0.2, 0.25) is 0 Å². The lowest BCUT2D eigenvalue weighted by atomic mass is 9.98. The Hall–Kier alpha value is -3.17. The molecule has 3 heteroatoms. The molecule has 0 heterocycles. The third-order valence-corrected chi connectivity index (χ3v) is 5.10. The van der Waals surface area contributed by atoms with E-state index in [2.05, 4.69) is 61.8 Å². The summed E-state index contributed by atoms with van der Waals surface area (Å²) in [5.41, 5.74) is 7.11. The van der Waals surface area contributed by atoms with Crippen molar-refractivity contribution in [1.82, 2.24) is 5.32 Å². The van der Waals surface area contributed by atoms with Gasteiger partial charge in [0.05, 0.1) is 0 Å². The van der Waals surface area contributed by atoms with Crippen molar-refractivity contribution in [3.63, 3.8) is 0 Å². The van der Waals surface area contributed by atoms with Gasteiger partial charge in [-0.05, 0) is 53.5 Å². The van der Waals surface area contributed by atoms with Gasteiger partial charge in [-0.25, -0.2) is 0 Å². The number of rotatable bonds is 5. The van der Waals surface area contributed by atoms with Crippen LogP contribution in [-0.2, 0) is 0 Å². The van der Waals surface area contributed by atoms with Crippen LogP contribution in [-0.4, -0.2) is 12.2 Å². The Labute approximate surface area is 172 Å². The Balaban J connectivity index is 2.03. The predicted octanol–water partition coefficient (Wildman–Crippen LogP) is 6.04. The van der Waals surface area contributed by atoms with Gasteiger partial charge in [0.15, 0.2) is 5.11 Å². The summed E-state index contributed by atoms with van der Waals surface area (Å²) < 4.78 is 0. The van der Waals surface area contributed by atoms with E-state index in [4.69, 9.17) is 12.2 Å². The second kappa shape index (κ2) is 8.68. The maximum atomic E-state index is 5.61. The molecule has 0 aliphatic heterocycles. The molecule has 0 unspecified atom stereocenters. The maximum absolute atomic E-state index is 5.61. The summed E-state index contributed by atoms with van der Waals surface area (Å²) in [6.07, 6.45) is 0. The van der Waals surface area contributed by atoms with Crippen LogP contribution in [0.3, 0.4) is 0 Å². The minimum absolute atomic E-state index is 0.593. The zero-order chi connectivity index (χ0) is 20.1. The lowest BCUT2D eigenvalue weighted by Gasteiger charge is -2.28. The monoisotopic (exact) mass is 384 g/mol. The summed E-state index contributed by atoms with van der Waals surface area (Å²) in [7, 11) is 1.83. The minimum atomic E-state index is 0.593. The summed E-state index contributed by atoms with van der Waals surface area (Å²) in [5.74, 6) is 0. The maximum Gasteiger partial charge on any atom is 0.177 e. The Morgan fingerprint density at radius 2 is 1.50 bits per heavy atom. The predicted molar refractivity (Wildman–Crippen MR) is 125 cm³/mol. The van der Waals surface area contributed by atoms with Gasteiger partial charge in [-0.2, -0.15) is 0 Å². The number of thiocarbonyl (C=S) groups is 1. The quantitative estimate of drug-likeness (QED) is 0.540. The standard InChI is InChI=1S/C25H24N2S/c1-18-11-8-9-16-24(18)20(3)27(25(28)26-4)23-15-10-14-22(17-23)19(2)21-12-6-5-7-13-21/h5-17H,2-3H2,1,4H3,(H,26,28). The van der Waals surface area contributed by atoms with E-state index < -0.39 is 0 Å². The molecule has 1 N–H and O–H groups in total. The lowest BCUT2D eigenvalue weighted by Crippen LogP contribution is -2.36. The topological polar surface area (TPSA) is 15.3 Å². The Bertz CT molecular complexity index is 1020. The molecule has 3 aromatic carbocycles. The number of nitrogens with zero attached hydrogens (tertiary/aromatic N) is 1. The molecule has 0 atom stereocenters. The fourth-order valence-corrected chi connectivity index (χ4v) is 3.38. The van der Waals surface area contributed by atoms with Crippen LogP contribution in [0.4, 0.5) is 5.69 Å². The highest BCUT2D eigenvalue weighted by Crippen LogP contribution is 2.30. The Morgan fingerprint density at radius 1 is 0.857 bits per heavy atom. The van der Waals surface area contributed by atoms with Crippen LogP contribution in [0.1, 0.15) is 22.3 Å². The lowest BCUT2D eigenvalue weighted by molar-refractivity contribution is 1.15. The normalized spacial score (nSPS) is 10.2. The van der Waals surface area contributed by atoms with Gasteiger partial charge in [-0.3, -0.25) is 4.90 Å². The largest absolute Gasteiger partial charge is 0.365 e. The number of anilines is 1. The van der Waals surface area contributed by atoms with Gasteiger partial charge >= 0.3 is 0 Å². The van der Waals surface area contributed by atoms with Gasteiger partial charge in [0.1, 0.15) is 0 Å². The van der Waals surface area contributed by atoms with Gasteiger partial charge in [0.2, 0.25) is 0 Å². The van der Waals surface area contributed by atoms with Crippen molar-refractivity contribution in [3.8, 4) is 0 Å². The van der Waals surface area contributed by atoms with Crippen LogP contribution >= 0.6 is 12.2 Å². The van der Waals surface area contributed by atoms with E-state index in [1.807, 2.05) is 54.4 Å². The zero-order valence-corrected chi connectivity index (χ0v) is 17.1. The van der Waals surface area contributed by atoms with Crippen molar-refractivity contribution in [2.24, 2.45) is 0 Å². The van der Waals surface area contributed by atoms with Gasteiger partial charge in [0.25, 0.3) is 0 Å². The average molecular weight is 385 g/mol. The number of hydrogen-bond donors (Lipinski definition) is 1. The van der Waals surface area contributed by atoms with Crippen molar-refractivity contribution >= 4 is 34.3 Å².